The van der Waals surface area contributed by atoms with Gasteiger partial charge >= 0.3 is 0 Å². The molecule has 8 heterocycles. The van der Waals surface area contributed by atoms with E-state index < -0.39 is 12.2 Å². The topological polar surface area (TPSA) is 170 Å². The highest BCUT2D eigenvalue weighted by Crippen LogP contribution is 2.65. The number of aromatic hydroxyl groups is 1. The molecule has 0 bridgehead atoms. The Labute approximate surface area is 863 Å². The van der Waals surface area contributed by atoms with Crippen LogP contribution < -0.4 is 110 Å². The number of rotatable bonds is 20. The smallest absolute Gasteiger partial charge is 0.182 e. The number of fused-ring (bicyclic) bond motifs is 17. The summed E-state index contributed by atoms with van der Waals surface area (Å²) >= 11 is 0. The molecule has 12 aliphatic rings. The molecule has 8 aliphatic heterocycles. The minimum absolute atomic E-state index is 0. The van der Waals surface area contributed by atoms with Crippen molar-refractivity contribution in [1.29, 1.82) is 0 Å². The number of ether oxygens (including phenoxy) is 8. The number of anilines is 3. The summed E-state index contributed by atoms with van der Waals surface area (Å²) < 4.78 is 44.1. The van der Waals surface area contributed by atoms with Crippen LogP contribution in [-0.2, 0) is 100 Å². The van der Waals surface area contributed by atoms with Crippen molar-refractivity contribution in [2.45, 2.75) is 219 Å². The van der Waals surface area contributed by atoms with Crippen LogP contribution >= 0.6 is 0 Å². The molecule has 23 nitrogen and oxygen atoms in total. The zero-order valence-electron chi connectivity index (χ0n) is 87.1. The van der Waals surface area contributed by atoms with E-state index in [0.29, 0.717) is 18.0 Å². The van der Waals surface area contributed by atoms with Crippen molar-refractivity contribution < 1.29 is 125 Å². The second kappa shape index (κ2) is 46.1. The summed E-state index contributed by atoms with van der Waals surface area (Å²) in [7, 11) is 26.4. The summed E-state index contributed by atoms with van der Waals surface area (Å²) in [6, 6.07) is 43.0. The molecule has 19 rings (SSSR count). The number of phenols is 1. The third kappa shape index (κ3) is 23.8. The molecule has 2 saturated heterocycles. The van der Waals surface area contributed by atoms with E-state index in [9.17, 15) is 15.3 Å². The van der Waals surface area contributed by atoms with Crippen LogP contribution in [0.3, 0.4) is 0 Å². The van der Waals surface area contributed by atoms with Crippen LogP contribution in [0.1, 0.15) is 201 Å². The van der Waals surface area contributed by atoms with Crippen molar-refractivity contribution in [2.24, 2.45) is 0 Å². The van der Waals surface area contributed by atoms with Crippen molar-refractivity contribution in [3.63, 3.8) is 0 Å². The number of phenolic OH excluding ortho intramolecular Hbond substituents is 1. The Morgan fingerprint density at radius 1 is 0.370 bits per heavy atom. The zero-order chi connectivity index (χ0) is 95.6. The second-order valence-electron chi connectivity index (χ2n) is 43.5. The lowest BCUT2D eigenvalue weighted by Crippen LogP contribution is -3.00. The van der Waals surface area contributed by atoms with Crippen molar-refractivity contribution in [3.05, 3.63) is 193 Å². The van der Waals surface area contributed by atoms with Crippen LogP contribution in [0.4, 0.5) is 34.1 Å². The lowest BCUT2D eigenvalue weighted by molar-refractivity contribution is -0.00100. The Morgan fingerprint density at radius 2 is 0.630 bits per heavy atom. The van der Waals surface area contributed by atoms with Crippen LogP contribution in [0.25, 0.3) is 0 Å². The fourth-order valence-corrected chi connectivity index (χ4v) is 24.8. The zero-order valence-corrected chi connectivity index (χ0v) is 93.6. The molecule has 0 aromatic heterocycles. The van der Waals surface area contributed by atoms with E-state index in [1.807, 2.05) is 6.07 Å². The summed E-state index contributed by atoms with van der Waals surface area (Å²) in [6.45, 7) is 54.1. The van der Waals surface area contributed by atoms with Gasteiger partial charge in [0.15, 0.2) is 34.3 Å². The molecular weight excluding hydrogens is 2030 g/mol. The van der Waals surface area contributed by atoms with Gasteiger partial charge in [-0.25, -0.2) is 0 Å². The van der Waals surface area contributed by atoms with Crippen LogP contribution in [-0.4, -0.2) is 293 Å². The van der Waals surface area contributed by atoms with E-state index in [4.69, 9.17) is 37.9 Å². The monoisotopic (exact) mass is 2200 g/mol. The Kier molecular flexibility index (Phi) is 38.1. The first-order chi connectivity index (χ1) is 62.6. The van der Waals surface area contributed by atoms with Crippen LogP contribution in [0, 0.1) is 0 Å². The maximum atomic E-state index is 10.7. The summed E-state index contributed by atoms with van der Waals surface area (Å²) in [5, 5.41) is 31.0. The van der Waals surface area contributed by atoms with Gasteiger partial charge in [0.1, 0.15) is 57.6 Å². The van der Waals surface area contributed by atoms with Gasteiger partial charge in [0.25, 0.3) is 0 Å². The minimum Gasteiger partial charge on any atom is -1.00 e. The average molecular weight is 2200 g/mol. The number of hydrogen-bond donors (Lipinski definition) is 3. The molecule has 7 unspecified atom stereocenters. The summed E-state index contributed by atoms with van der Waals surface area (Å²) in [6.07, 6.45) is 4.54. The van der Waals surface area contributed by atoms with Crippen molar-refractivity contribution in [2.75, 3.05) is 239 Å². The predicted octanol–water partition coefficient (Wildman–Crippen LogP) is 7.05. The van der Waals surface area contributed by atoms with Gasteiger partial charge in [-0.15, -0.1) is 0 Å². The highest BCUT2D eigenvalue weighted by atomic mass is 127. The van der Waals surface area contributed by atoms with Crippen molar-refractivity contribution in [1.82, 2.24) is 42.8 Å². The molecule has 135 heavy (non-hydrogen) atoms. The molecule has 7 atom stereocenters. The highest BCUT2D eigenvalue weighted by molar-refractivity contribution is 5.80. The van der Waals surface area contributed by atoms with Gasteiger partial charge in [-0.1, -0.05) is 152 Å². The third-order valence-corrected chi connectivity index (χ3v) is 30.3. The van der Waals surface area contributed by atoms with Gasteiger partial charge in [-0.3, -0.25) is 42.8 Å². The average Bonchev–Trinajstić information content (AvgIpc) is 1.53. The number of aliphatic hydroxyl groups is 2. The number of methoxy groups -OCH3 is 4. The molecule has 7 aromatic carbocycles. The van der Waals surface area contributed by atoms with Crippen molar-refractivity contribution >= 4 is 34.1 Å². The Hall–Kier alpha value is -5.15. The lowest BCUT2D eigenvalue weighted by Gasteiger charge is -2.46. The second-order valence-corrected chi connectivity index (χ2v) is 43.5. The molecule has 7 aromatic rings. The molecule has 26 heteroatoms. The molecule has 2 fully saturated rings. The van der Waals surface area contributed by atoms with E-state index in [-0.39, 0.29) is 131 Å². The molecule has 0 amide bonds. The fourth-order valence-electron chi connectivity index (χ4n) is 24.8. The summed E-state index contributed by atoms with van der Waals surface area (Å²) in [5.41, 5.74) is 29.8. The number of aliphatic hydroxyl groups excluding tert-OH is 2. The van der Waals surface area contributed by atoms with Gasteiger partial charge in [-0.05, 0) is 211 Å². The minimum atomic E-state index is -0.627. The summed E-state index contributed by atoms with van der Waals surface area (Å²) in [4.78, 5) is 21.5. The number of quaternary nitrogens is 3. The van der Waals surface area contributed by atoms with Gasteiger partial charge in [0, 0.05) is 98.2 Å². The SMILES string of the molecule is CC1(C)CC2(CC(C)(C)c3ccccc32)c2ccccc21.CC1(C)CC2(CC(C)(C)c3ccccc32)c2ccccc21.CCN1CN(C)Cc2cc(O)c3c(c21)CN(C)C[N+]3(C)CC.CCN1CN(C)Cc2cc(OCC(O)COC)c3c(c21)CN(C)C[N+]3(C)CC.CCN1CN(C)Cc2cc(OCC(O)COC)c3c(c21)CN(C)C[N+]3(C)CC.COCC1CO1.COCC1CO1.[I-].[I-].[I-]. The van der Waals surface area contributed by atoms with E-state index in [1.165, 1.54) is 87.5 Å². The molecule has 0 radical (unpaired) electrons. The summed E-state index contributed by atoms with van der Waals surface area (Å²) in [5.74, 6) is 2.29. The van der Waals surface area contributed by atoms with Crippen LogP contribution in [0.2, 0.25) is 0 Å². The van der Waals surface area contributed by atoms with Gasteiger partial charge < -0.3 is 140 Å². The lowest BCUT2D eigenvalue weighted by atomic mass is 9.72. The first kappa shape index (κ1) is 112. The first-order valence-electron chi connectivity index (χ1n) is 49.0. The van der Waals surface area contributed by atoms with Gasteiger partial charge in [0.05, 0.1) is 134 Å². The standard InChI is InChI=1S/2C21H37N4O3.2C21H24.C17H28N4O.2C4H8O2.3HI/c2*1-7-24-14-22(3)10-16-9-19(28-13-17(26)12-27-6)21-18(20(16)24)11-23(4)15-25(21,5)8-2;2*1-19(2)13-21(17-11-7-5-9-15(17)19)14-20(3,4)16-10-6-8-12-18(16)21;1-6-20-11-18(3)9-13-8-15(22)17-14(16(13)20)10-19(4)12-21(17,5)7-2;2*1-5-2-4-3-6-4;;;/h2*9,17,26H,7-8,10-15H2,1-6H3;2*5-12H,13-14H2,1-4H3;8H,6-7,9-12H2,1-5H3;2*4H,2-3H2,1H3;3*1H/q2*+1;;;;;;;;/p-2. The van der Waals surface area contributed by atoms with Gasteiger partial charge in [0.2, 0.25) is 0 Å². The maximum absolute atomic E-state index is 10.7. The third-order valence-electron chi connectivity index (χ3n) is 30.3. The normalized spacial score (nSPS) is 24.1. The van der Waals surface area contributed by atoms with E-state index in [2.05, 4.69) is 314 Å². The van der Waals surface area contributed by atoms with E-state index in [0.717, 1.165) is 176 Å². The number of nitrogens with zero attached hydrogens (tertiary/aromatic N) is 12. The highest BCUT2D eigenvalue weighted by Gasteiger charge is 2.58. The largest absolute Gasteiger partial charge is 1.00 e. The van der Waals surface area contributed by atoms with Crippen LogP contribution in [0.5, 0.6) is 17.2 Å². The molecule has 4 aliphatic carbocycles. The van der Waals surface area contributed by atoms with Crippen molar-refractivity contribution in [3.8, 4) is 17.2 Å². The quantitative estimate of drug-likeness (QED) is 0.0403. The first-order valence-corrected chi connectivity index (χ1v) is 49.0. The van der Waals surface area contributed by atoms with E-state index >= 15 is 0 Å². The number of epoxide rings is 2. The maximum Gasteiger partial charge on any atom is 0.182 e. The molecule has 3 N–H and O–H groups in total. The van der Waals surface area contributed by atoms with E-state index in [1.54, 1.807) is 72.9 Å². The number of hydrogen-bond acceptors (Lipinski definition) is 20. The molecular formula is C109H167I3N12O11. The Balaban J connectivity index is 0.000000169. The molecule has 750 valence electrons. The Bertz CT molecular complexity index is 4730. The van der Waals surface area contributed by atoms with Gasteiger partial charge in [-0.2, -0.15) is 0 Å². The number of halogens is 3. The number of benzene rings is 7. The fraction of sp³-hybridized carbons (Fsp3) is 0.615. The Morgan fingerprint density at radius 3 is 0.874 bits per heavy atom. The van der Waals surface area contributed by atoms with Crippen LogP contribution in [0.15, 0.2) is 115 Å². The molecule has 0 saturated carbocycles. The molecule has 2 spiro atoms. The predicted molar refractivity (Wildman–Crippen MR) is 541 cm³/mol.